The summed E-state index contributed by atoms with van der Waals surface area (Å²) in [5.74, 6) is 1.10. The first-order chi connectivity index (χ1) is 29.8. The number of nitrogens with zero attached hydrogens (tertiary/aromatic N) is 2. The highest BCUT2D eigenvalue weighted by atomic mass is 35.5. The fraction of sp³-hybridized carbons (Fsp3) is 0.200. The summed E-state index contributed by atoms with van der Waals surface area (Å²) in [5, 5.41) is 3.89. The van der Waals surface area contributed by atoms with Crippen LogP contribution in [0.2, 0.25) is 10.0 Å². The molecule has 6 aromatic carbocycles. The maximum Gasteiger partial charge on any atom is 0.227 e. The van der Waals surface area contributed by atoms with E-state index in [0.29, 0.717) is 33.0 Å². The fourth-order valence-electron chi connectivity index (χ4n) is 5.87. The van der Waals surface area contributed by atoms with Gasteiger partial charge in [-0.2, -0.15) is 0 Å². The molecule has 1 amide bonds. The standard InChI is InChI=1S/C23H19ClN2O2.C19H13ClN2O.C4H7ClO.C4H8O/c1-14(2)22(27)25-19-10-7-16(8-11-19)15-3-5-17(6-4-15)23-26-20-12-9-18(24)13-21(20)28-23;20-15-7-10-17-18(11-15)23-19(22-17)14-3-1-12(2-4-14)13-5-8-16(21)9-6-13;1-3(2)4(5)6;1-2-4-5-3-1/h3-14H,1-2H3,(H,25,27);1-11H,21H2;3H,1-2H3;1-4H2. The van der Waals surface area contributed by atoms with Gasteiger partial charge in [-0.3, -0.25) is 9.59 Å². The Bertz CT molecular complexity index is 2700. The van der Waals surface area contributed by atoms with Gasteiger partial charge in [-0.15, -0.1) is 0 Å². The molecular weight excluding hydrogens is 843 g/mol. The molecule has 9 nitrogen and oxygen atoms in total. The van der Waals surface area contributed by atoms with Crippen molar-refractivity contribution in [1.29, 1.82) is 0 Å². The van der Waals surface area contributed by atoms with Crippen LogP contribution in [0.4, 0.5) is 11.4 Å². The Morgan fingerprint density at radius 2 is 0.935 bits per heavy atom. The minimum absolute atomic E-state index is 0.0109. The molecule has 1 aliphatic rings. The molecule has 1 aliphatic heterocycles. The number of fused-ring (bicyclic) bond motifs is 2. The summed E-state index contributed by atoms with van der Waals surface area (Å²) in [6.45, 7) is 9.26. The van der Waals surface area contributed by atoms with Crippen LogP contribution in [0.3, 0.4) is 0 Å². The number of ether oxygens (including phenoxy) is 1. The molecule has 62 heavy (non-hydrogen) atoms. The third-order valence-corrected chi connectivity index (χ3v) is 10.4. The number of amides is 1. The monoisotopic (exact) mass is 888 g/mol. The minimum atomic E-state index is -0.269. The lowest BCUT2D eigenvalue weighted by Gasteiger charge is -2.09. The van der Waals surface area contributed by atoms with Gasteiger partial charge >= 0.3 is 0 Å². The van der Waals surface area contributed by atoms with E-state index in [9.17, 15) is 9.59 Å². The van der Waals surface area contributed by atoms with Crippen LogP contribution >= 0.6 is 34.8 Å². The summed E-state index contributed by atoms with van der Waals surface area (Å²) in [5.41, 5.74) is 16.4. The van der Waals surface area contributed by atoms with Crippen LogP contribution in [0.15, 0.2) is 142 Å². The Morgan fingerprint density at radius 3 is 1.29 bits per heavy atom. The average molecular weight is 890 g/mol. The summed E-state index contributed by atoms with van der Waals surface area (Å²) in [6, 6.07) is 42.6. The molecule has 0 unspecified atom stereocenters. The van der Waals surface area contributed by atoms with Gasteiger partial charge in [-0.1, -0.05) is 99.4 Å². The highest BCUT2D eigenvalue weighted by Crippen LogP contribution is 2.31. The van der Waals surface area contributed by atoms with Gasteiger partial charge in [0.25, 0.3) is 0 Å². The van der Waals surface area contributed by atoms with Gasteiger partial charge in [-0.25, -0.2) is 9.97 Å². The Kier molecular flexibility index (Phi) is 15.9. The second-order valence-corrected chi connectivity index (χ2v) is 16.3. The Hall–Kier alpha value is -5.97. The van der Waals surface area contributed by atoms with Crippen molar-refractivity contribution in [1.82, 2.24) is 9.97 Å². The van der Waals surface area contributed by atoms with E-state index in [2.05, 4.69) is 15.3 Å². The van der Waals surface area contributed by atoms with Gasteiger partial charge < -0.3 is 24.6 Å². The molecule has 2 aromatic heterocycles. The van der Waals surface area contributed by atoms with E-state index in [0.717, 1.165) is 69.0 Å². The molecule has 3 heterocycles. The van der Waals surface area contributed by atoms with Crippen LogP contribution in [-0.2, 0) is 14.3 Å². The van der Waals surface area contributed by atoms with Crippen molar-refractivity contribution >= 4 is 79.5 Å². The van der Waals surface area contributed by atoms with Gasteiger partial charge in [-0.05, 0) is 119 Å². The van der Waals surface area contributed by atoms with E-state index in [1.165, 1.54) is 12.8 Å². The second-order valence-electron chi connectivity index (χ2n) is 15.0. The normalized spacial score (nSPS) is 12.0. The predicted molar refractivity (Wildman–Crippen MR) is 253 cm³/mol. The zero-order valence-corrected chi connectivity index (χ0v) is 37.1. The van der Waals surface area contributed by atoms with Crippen molar-refractivity contribution < 1.29 is 23.2 Å². The first-order valence-electron chi connectivity index (χ1n) is 20.2. The summed E-state index contributed by atoms with van der Waals surface area (Å²) < 4.78 is 16.5. The average Bonchev–Trinajstić information content (AvgIpc) is 4.08. The number of nitrogens with two attached hydrogens (primary N) is 1. The number of aromatic nitrogens is 2. The summed E-state index contributed by atoms with van der Waals surface area (Å²) in [4.78, 5) is 30.7. The van der Waals surface area contributed by atoms with Crippen LogP contribution in [0.1, 0.15) is 40.5 Å². The number of halogens is 3. The second kappa shape index (κ2) is 21.7. The molecule has 0 spiro atoms. The van der Waals surface area contributed by atoms with E-state index < -0.39 is 0 Å². The van der Waals surface area contributed by atoms with Crippen LogP contribution in [0.25, 0.3) is 67.4 Å². The maximum atomic E-state index is 11.8. The molecule has 3 N–H and O–H groups in total. The number of nitrogen functional groups attached to an aromatic ring is 1. The van der Waals surface area contributed by atoms with Crippen molar-refractivity contribution in [3.05, 3.63) is 144 Å². The molecule has 0 saturated carbocycles. The first kappa shape index (κ1) is 45.6. The molecular formula is C50H47Cl3N4O5. The minimum Gasteiger partial charge on any atom is -0.436 e. The number of rotatable bonds is 7. The molecule has 318 valence electrons. The molecule has 0 bridgehead atoms. The molecule has 0 atom stereocenters. The van der Waals surface area contributed by atoms with Gasteiger partial charge in [0.2, 0.25) is 22.9 Å². The number of anilines is 2. The molecule has 8 aromatic rings. The van der Waals surface area contributed by atoms with Crippen molar-refractivity contribution in [3.8, 4) is 45.2 Å². The molecule has 1 fully saturated rings. The van der Waals surface area contributed by atoms with Gasteiger partial charge in [0.15, 0.2) is 11.2 Å². The smallest absolute Gasteiger partial charge is 0.227 e. The van der Waals surface area contributed by atoms with Crippen molar-refractivity contribution in [3.63, 3.8) is 0 Å². The van der Waals surface area contributed by atoms with E-state index in [1.807, 2.05) is 123 Å². The van der Waals surface area contributed by atoms with Crippen LogP contribution in [0, 0.1) is 11.8 Å². The number of hydrogen-bond donors (Lipinski definition) is 2. The van der Waals surface area contributed by atoms with E-state index in [4.69, 9.17) is 54.1 Å². The third-order valence-electron chi connectivity index (χ3n) is 9.50. The van der Waals surface area contributed by atoms with Crippen LogP contribution < -0.4 is 11.1 Å². The van der Waals surface area contributed by atoms with Crippen LogP contribution in [-0.4, -0.2) is 34.3 Å². The lowest BCUT2D eigenvalue weighted by Crippen LogP contribution is -2.17. The Morgan fingerprint density at radius 1 is 0.565 bits per heavy atom. The number of oxazole rings is 2. The maximum absolute atomic E-state index is 11.8. The zero-order chi connectivity index (χ0) is 44.2. The quantitative estimate of drug-likeness (QED) is 0.119. The van der Waals surface area contributed by atoms with Crippen molar-refractivity contribution in [2.75, 3.05) is 24.3 Å². The molecule has 0 aliphatic carbocycles. The highest BCUT2D eigenvalue weighted by molar-refractivity contribution is 6.63. The van der Waals surface area contributed by atoms with E-state index in [1.54, 1.807) is 38.1 Å². The lowest BCUT2D eigenvalue weighted by molar-refractivity contribution is -0.119. The molecule has 0 radical (unpaired) electrons. The van der Waals surface area contributed by atoms with Crippen molar-refractivity contribution in [2.24, 2.45) is 11.8 Å². The van der Waals surface area contributed by atoms with E-state index in [-0.39, 0.29) is 23.0 Å². The third kappa shape index (κ3) is 12.8. The molecule has 12 heteroatoms. The summed E-state index contributed by atoms with van der Waals surface area (Å²) >= 11 is 17.0. The SMILES string of the molecule is C1CCOC1.CC(C)C(=O)Cl.CC(C)C(=O)Nc1ccc(-c2ccc(-c3nc4ccc(Cl)cc4o3)cc2)cc1.Nc1ccc(-c2ccc(-c3nc4ccc(Cl)cc4o3)cc2)cc1. The van der Waals surface area contributed by atoms with Gasteiger partial charge in [0, 0.05) is 69.7 Å². The highest BCUT2D eigenvalue weighted by Gasteiger charge is 2.12. The number of hydrogen-bond acceptors (Lipinski definition) is 8. The largest absolute Gasteiger partial charge is 0.436 e. The number of carbonyl (C=O) groups is 2. The first-order valence-corrected chi connectivity index (χ1v) is 21.3. The number of nitrogens with one attached hydrogen (secondary N) is 1. The Balaban J connectivity index is 0.000000168. The fourth-order valence-corrected chi connectivity index (χ4v) is 6.20. The topological polar surface area (TPSA) is 133 Å². The summed E-state index contributed by atoms with van der Waals surface area (Å²) in [6.07, 6.45) is 2.56. The van der Waals surface area contributed by atoms with E-state index >= 15 is 0 Å². The summed E-state index contributed by atoms with van der Waals surface area (Å²) in [7, 11) is 0. The van der Waals surface area contributed by atoms with Gasteiger partial charge in [0.05, 0.1) is 0 Å². The molecule has 1 saturated heterocycles. The van der Waals surface area contributed by atoms with Gasteiger partial charge in [0.1, 0.15) is 11.0 Å². The molecule has 9 rings (SSSR count). The number of benzene rings is 6. The van der Waals surface area contributed by atoms with Crippen molar-refractivity contribution in [2.45, 2.75) is 40.5 Å². The zero-order valence-electron chi connectivity index (χ0n) is 34.8. The lowest BCUT2D eigenvalue weighted by atomic mass is 10.0. The predicted octanol–water partition coefficient (Wildman–Crippen LogP) is 14.0. The Labute approximate surface area is 376 Å². The number of carbonyl (C=O) groups excluding carboxylic acids is 2. The van der Waals surface area contributed by atoms with Crippen LogP contribution in [0.5, 0.6) is 0 Å².